The minimum absolute atomic E-state index is 0.0469. The van der Waals surface area contributed by atoms with E-state index in [2.05, 4.69) is 10.4 Å². The maximum Gasteiger partial charge on any atom is 0.231 e. The number of benzene rings is 1. The van der Waals surface area contributed by atoms with E-state index in [1.807, 2.05) is 50.4 Å². The van der Waals surface area contributed by atoms with Crippen molar-refractivity contribution in [3.05, 3.63) is 42.7 Å². The standard InChI is InChI=1S/C15H20N4O/c1-3-15(2,11-16)14(20)18-12-5-7-13(8-6-12)19-10-4-9-17-19/h4-10H,3,11,16H2,1-2H3,(H,18,20). The smallest absolute Gasteiger partial charge is 0.231 e. The highest BCUT2D eigenvalue weighted by Crippen LogP contribution is 2.22. The van der Waals surface area contributed by atoms with E-state index in [4.69, 9.17) is 5.73 Å². The van der Waals surface area contributed by atoms with Gasteiger partial charge in [0.2, 0.25) is 5.91 Å². The summed E-state index contributed by atoms with van der Waals surface area (Å²) in [6, 6.07) is 9.41. The van der Waals surface area contributed by atoms with Crippen molar-refractivity contribution in [3.63, 3.8) is 0 Å². The van der Waals surface area contributed by atoms with Gasteiger partial charge < -0.3 is 11.1 Å². The van der Waals surface area contributed by atoms with Crippen LogP contribution in [0.1, 0.15) is 20.3 Å². The Labute approximate surface area is 118 Å². The second-order valence-corrected chi connectivity index (χ2v) is 5.07. The SMILES string of the molecule is CCC(C)(CN)C(=O)Nc1ccc(-n2cccn2)cc1. The van der Waals surface area contributed by atoms with Gasteiger partial charge >= 0.3 is 0 Å². The summed E-state index contributed by atoms with van der Waals surface area (Å²) >= 11 is 0. The summed E-state index contributed by atoms with van der Waals surface area (Å²) in [4.78, 5) is 12.2. The highest BCUT2D eigenvalue weighted by atomic mass is 16.2. The van der Waals surface area contributed by atoms with E-state index in [0.29, 0.717) is 13.0 Å². The molecule has 2 rings (SSSR count). The molecule has 0 saturated carbocycles. The van der Waals surface area contributed by atoms with Gasteiger partial charge in [-0.2, -0.15) is 5.10 Å². The molecular formula is C15H20N4O. The van der Waals surface area contributed by atoms with E-state index in [1.54, 1.807) is 10.9 Å². The van der Waals surface area contributed by atoms with Crippen LogP contribution in [0.15, 0.2) is 42.7 Å². The van der Waals surface area contributed by atoms with Crippen LogP contribution in [0.2, 0.25) is 0 Å². The molecule has 5 heteroatoms. The monoisotopic (exact) mass is 272 g/mol. The molecule has 1 heterocycles. The molecule has 1 amide bonds. The Morgan fingerprint density at radius 3 is 2.60 bits per heavy atom. The Kier molecular flexibility index (Phi) is 4.20. The van der Waals surface area contributed by atoms with Crippen LogP contribution in [0.25, 0.3) is 5.69 Å². The quantitative estimate of drug-likeness (QED) is 0.876. The first-order chi connectivity index (χ1) is 9.59. The molecule has 1 aromatic carbocycles. The van der Waals surface area contributed by atoms with E-state index < -0.39 is 5.41 Å². The fourth-order valence-electron chi connectivity index (χ4n) is 1.80. The molecular weight excluding hydrogens is 252 g/mol. The summed E-state index contributed by atoms with van der Waals surface area (Å²) in [7, 11) is 0. The van der Waals surface area contributed by atoms with Gasteiger partial charge in [0, 0.05) is 24.6 Å². The van der Waals surface area contributed by atoms with Gasteiger partial charge in [0.1, 0.15) is 0 Å². The van der Waals surface area contributed by atoms with Gasteiger partial charge in [0.15, 0.2) is 0 Å². The van der Waals surface area contributed by atoms with Crippen LogP contribution in [0, 0.1) is 5.41 Å². The molecule has 0 aliphatic rings. The van der Waals surface area contributed by atoms with Gasteiger partial charge in [-0.25, -0.2) is 4.68 Å². The van der Waals surface area contributed by atoms with Crippen molar-refractivity contribution in [2.75, 3.05) is 11.9 Å². The molecule has 2 aromatic rings. The zero-order valence-corrected chi connectivity index (χ0v) is 11.8. The van der Waals surface area contributed by atoms with Crippen LogP contribution >= 0.6 is 0 Å². The third-order valence-electron chi connectivity index (χ3n) is 3.67. The molecule has 106 valence electrons. The zero-order chi connectivity index (χ0) is 14.6. The Balaban J connectivity index is 2.10. The number of anilines is 1. The lowest BCUT2D eigenvalue weighted by Gasteiger charge is -2.24. The van der Waals surface area contributed by atoms with Crippen molar-refractivity contribution in [2.24, 2.45) is 11.1 Å². The first kappa shape index (κ1) is 14.3. The second-order valence-electron chi connectivity index (χ2n) is 5.07. The zero-order valence-electron chi connectivity index (χ0n) is 11.8. The fourth-order valence-corrected chi connectivity index (χ4v) is 1.80. The number of amides is 1. The van der Waals surface area contributed by atoms with Crippen molar-refractivity contribution < 1.29 is 4.79 Å². The van der Waals surface area contributed by atoms with E-state index in [9.17, 15) is 4.79 Å². The highest BCUT2D eigenvalue weighted by Gasteiger charge is 2.29. The summed E-state index contributed by atoms with van der Waals surface area (Å²) in [6.45, 7) is 4.17. The number of hydrogen-bond acceptors (Lipinski definition) is 3. The van der Waals surface area contributed by atoms with Crippen LogP contribution in [-0.2, 0) is 4.79 Å². The van der Waals surface area contributed by atoms with Crippen molar-refractivity contribution >= 4 is 11.6 Å². The van der Waals surface area contributed by atoms with Crippen molar-refractivity contribution in [2.45, 2.75) is 20.3 Å². The van der Waals surface area contributed by atoms with Gasteiger partial charge in [-0.3, -0.25) is 4.79 Å². The number of carbonyl (C=O) groups is 1. The predicted molar refractivity (Wildman–Crippen MR) is 79.6 cm³/mol. The Morgan fingerprint density at radius 1 is 1.40 bits per heavy atom. The minimum Gasteiger partial charge on any atom is -0.329 e. The predicted octanol–water partition coefficient (Wildman–Crippen LogP) is 2.19. The molecule has 1 unspecified atom stereocenters. The molecule has 20 heavy (non-hydrogen) atoms. The first-order valence-electron chi connectivity index (χ1n) is 6.70. The number of nitrogens with zero attached hydrogens (tertiary/aromatic N) is 2. The molecule has 3 N–H and O–H groups in total. The summed E-state index contributed by atoms with van der Waals surface area (Å²) < 4.78 is 1.77. The van der Waals surface area contributed by atoms with Crippen LogP contribution in [0.4, 0.5) is 5.69 Å². The first-order valence-corrected chi connectivity index (χ1v) is 6.70. The molecule has 0 radical (unpaired) electrons. The van der Waals surface area contributed by atoms with Crippen LogP contribution in [0.5, 0.6) is 0 Å². The largest absolute Gasteiger partial charge is 0.329 e. The number of nitrogens with one attached hydrogen (secondary N) is 1. The molecule has 0 saturated heterocycles. The Morgan fingerprint density at radius 2 is 2.10 bits per heavy atom. The molecule has 0 aliphatic carbocycles. The van der Waals surface area contributed by atoms with Crippen molar-refractivity contribution in [1.29, 1.82) is 0 Å². The van der Waals surface area contributed by atoms with Gasteiger partial charge in [0.25, 0.3) is 0 Å². The van der Waals surface area contributed by atoms with Gasteiger partial charge in [0.05, 0.1) is 11.1 Å². The molecule has 0 bridgehead atoms. The molecule has 0 spiro atoms. The lowest BCUT2D eigenvalue weighted by molar-refractivity contribution is -0.124. The van der Waals surface area contributed by atoms with Crippen LogP contribution in [-0.4, -0.2) is 22.2 Å². The number of hydrogen-bond donors (Lipinski definition) is 2. The van der Waals surface area contributed by atoms with Crippen molar-refractivity contribution in [3.8, 4) is 5.69 Å². The topological polar surface area (TPSA) is 72.9 Å². The number of nitrogens with two attached hydrogens (primary N) is 1. The summed E-state index contributed by atoms with van der Waals surface area (Å²) in [5, 5.41) is 7.06. The second kappa shape index (κ2) is 5.88. The number of carbonyl (C=O) groups excluding carboxylic acids is 1. The highest BCUT2D eigenvalue weighted by molar-refractivity contribution is 5.95. The van der Waals surface area contributed by atoms with Crippen LogP contribution in [0.3, 0.4) is 0 Å². The summed E-state index contributed by atoms with van der Waals surface area (Å²) in [5.74, 6) is -0.0469. The molecule has 1 atom stereocenters. The summed E-state index contributed by atoms with van der Waals surface area (Å²) in [5.41, 5.74) is 6.87. The van der Waals surface area contributed by atoms with Gasteiger partial charge in [-0.1, -0.05) is 6.92 Å². The third kappa shape index (κ3) is 2.88. The van der Waals surface area contributed by atoms with Crippen molar-refractivity contribution in [1.82, 2.24) is 9.78 Å². The number of aromatic nitrogens is 2. The Hall–Kier alpha value is -2.14. The van der Waals surface area contributed by atoms with E-state index in [-0.39, 0.29) is 5.91 Å². The normalized spacial score (nSPS) is 13.8. The molecule has 1 aromatic heterocycles. The Bertz CT molecular complexity index is 556. The fraction of sp³-hybridized carbons (Fsp3) is 0.333. The van der Waals surface area contributed by atoms with Crippen LogP contribution < -0.4 is 11.1 Å². The third-order valence-corrected chi connectivity index (χ3v) is 3.67. The minimum atomic E-state index is -0.527. The average Bonchev–Trinajstić information content (AvgIpc) is 3.01. The summed E-state index contributed by atoms with van der Waals surface area (Å²) in [6.07, 6.45) is 4.31. The van der Waals surface area contributed by atoms with Gasteiger partial charge in [-0.05, 0) is 43.7 Å². The lowest BCUT2D eigenvalue weighted by atomic mass is 9.86. The van der Waals surface area contributed by atoms with E-state index in [0.717, 1.165) is 11.4 Å². The molecule has 0 fully saturated rings. The number of rotatable bonds is 5. The van der Waals surface area contributed by atoms with Gasteiger partial charge in [-0.15, -0.1) is 0 Å². The molecule has 0 aliphatic heterocycles. The molecule has 5 nitrogen and oxygen atoms in total. The lowest BCUT2D eigenvalue weighted by Crippen LogP contribution is -2.39. The van der Waals surface area contributed by atoms with E-state index >= 15 is 0 Å². The maximum atomic E-state index is 12.2. The van der Waals surface area contributed by atoms with E-state index in [1.165, 1.54) is 0 Å². The maximum absolute atomic E-state index is 12.2. The average molecular weight is 272 g/mol.